The van der Waals surface area contributed by atoms with Gasteiger partial charge in [0.15, 0.2) is 15.8 Å². The third-order valence-electron chi connectivity index (χ3n) is 2.53. The molecule has 4 N–H and O–H groups in total. The van der Waals surface area contributed by atoms with Gasteiger partial charge in [-0.1, -0.05) is 13.3 Å². The molecule has 0 unspecified atom stereocenters. The highest BCUT2D eigenvalue weighted by Crippen LogP contribution is 2.22. The van der Waals surface area contributed by atoms with Crippen LogP contribution in [0.5, 0.6) is 0 Å². The topological polar surface area (TPSA) is 116 Å². The molecule has 1 aromatic rings. The zero-order valence-corrected chi connectivity index (χ0v) is 12.0. The first-order chi connectivity index (χ1) is 9.16. The maximum Gasteiger partial charge on any atom is 0.283 e. The molecule has 1 aromatic carbocycles. The second kappa shape index (κ2) is 6.00. The summed E-state index contributed by atoms with van der Waals surface area (Å²) in [4.78, 5) is 14.8. The molecule has 0 aromatic heterocycles. The van der Waals surface area contributed by atoms with E-state index >= 15 is 0 Å². The third-order valence-corrected chi connectivity index (χ3v) is 3.71. The van der Waals surface area contributed by atoms with Gasteiger partial charge in [0.25, 0.3) is 5.91 Å². The highest BCUT2D eigenvalue weighted by atomic mass is 32.2. The summed E-state index contributed by atoms with van der Waals surface area (Å²) >= 11 is 0. The summed E-state index contributed by atoms with van der Waals surface area (Å²) in [6, 6.07) is 2.01. The molecular formula is C12H16FN3O3S. The van der Waals surface area contributed by atoms with Crippen molar-refractivity contribution in [1.82, 2.24) is 0 Å². The highest BCUT2D eigenvalue weighted by molar-refractivity contribution is 7.90. The Hall–Kier alpha value is -1.96. The Kier molecular flexibility index (Phi) is 4.83. The van der Waals surface area contributed by atoms with E-state index in [-0.39, 0.29) is 4.90 Å². The number of carbonyl (C=O) groups excluding carboxylic acids is 1. The average molecular weight is 301 g/mol. The summed E-state index contributed by atoms with van der Waals surface area (Å²) in [5.41, 5.74) is 9.95. The van der Waals surface area contributed by atoms with Gasteiger partial charge < -0.3 is 11.5 Å². The van der Waals surface area contributed by atoms with E-state index in [9.17, 15) is 17.6 Å². The van der Waals surface area contributed by atoms with E-state index < -0.39 is 33.1 Å². The molecule has 0 saturated heterocycles. The smallest absolute Gasteiger partial charge is 0.283 e. The number of amides is 1. The standard InChI is InChI=1S/C12H16FN3O3S/c1-3-4-7-5-9(13)8(11(17)16-12(14)15)6-10(7)20(2,18)19/h5-6H,3-4H2,1-2H3,(H4,14,15,16,17). The van der Waals surface area contributed by atoms with Gasteiger partial charge in [-0.25, -0.2) is 12.8 Å². The maximum atomic E-state index is 13.9. The first-order valence-corrected chi connectivity index (χ1v) is 7.72. The fourth-order valence-corrected chi connectivity index (χ4v) is 2.72. The van der Waals surface area contributed by atoms with Gasteiger partial charge in [0, 0.05) is 6.26 Å². The van der Waals surface area contributed by atoms with E-state index in [0.717, 1.165) is 18.4 Å². The number of hydrogen-bond donors (Lipinski definition) is 2. The first kappa shape index (κ1) is 16.1. The van der Waals surface area contributed by atoms with Crippen molar-refractivity contribution in [2.24, 2.45) is 16.5 Å². The van der Waals surface area contributed by atoms with Crippen LogP contribution in [0.25, 0.3) is 0 Å². The lowest BCUT2D eigenvalue weighted by Gasteiger charge is -2.09. The molecule has 0 fully saturated rings. The van der Waals surface area contributed by atoms with Crippen molar-refractivity contribution in [2.45, 2.75) is 24.7 Å². The normalized spacial score (nSPS) is 11.2. The number of benzene rings is 1. The SMILES string of the molecule is CCCc1cc(F)c(C(=O)N=C(N)N)cc1S(C)(=O)=O. The fourth-order valence-electron chi connectivity index (χ4n) is 1.75. The minimum Gasteiger partial charge on any atom is -0.370 e. The van der Waals surface area contributed by atoms with E-state index in [1.165, 1.54) is 0 Å². The summed E-state index contributed by atoms with van der Waals surface area (Å²) < 4.78 is 37.3. The molecule has 6 nitrogen and oxygen atoms in total. The molecule has 0 aliphatic heterocycles. The Labute approximate surface area is 116 Å². The molecular weight excluding hydrogens is 285 g/mol. The van der Waals surface area contributed by atoms with Crippen LogP contribution in [-0.4, -0.2) is 26.5 Å². The number of nitrogens with two attached hydrogens (primary N) is 2. The van der Waals surface area contributed by atoms with Crippen LogP contribution in [0.4, 0.5) is 4.39 Å². The van der Waals surface area contributed by atoms with Crippen LogP contribution in [0.15, 0.2) is 22.0 Å². The molecule has 0 aliphatic carbocycles. The quantitative estimate of drug-likeness (QED) is 0.480. The lowest BCUT2D eigenvalue weighted by Crippen LogP contribution is -2.24. The lowest BCUT2D eigenvalue weighted by molar-refractivity contribution is 0.0998. The number of nitrogens with zero attached hydrogens (tertiary/aromatic N) is 1. The van der Waals surface area contributed by atoms with Crippen molar-refractivity contribution in [2.75, 3.05) is 6.26 Å². The summed E-state index contributed by atoms with van der Waals surface area (Å²) in [6.45, 7) is 1.84. The molecule has 110 valence electrons. The molecule has 0 saturated carbocycles. The predicted octanol–water partition coefficient (Wildman–Crippen LogP) is 0.595. The molecule has 20 heavy (non-hydrogen) atoms. The summed E-state index contributed by atoms with van der Waals surface area (Å²) in [5, 5.41) is 0. The van der Waals surface area contributed by atoms with Gasteiger partial charge in [-0.3, -0.25) is 4.79 Å². The van der Waals surface area contributed by atoms with Crippen molar-refractivity contribution >= 4 is 21.7 Å². The molecule has 1 rings (SSSR count). The van der Waals surface area contributed by atoms with Gasteiger partial charge in [0.2, 0.25) is 0 Å². The van der Waals surface area contributed by atoms with Gasteiger partial charge in [-0.05, 0) is 24.1 Å². The molecule has 0 radical (unpaired) electrons. The second-order valence-corrected chi connectivity index (χ2v) is 6.29. The lowest BCUT2D eigenvalue weighted by atomic mass is 10.1. The first-order valence-electron chi connectivity index (χ1n) is 5.83. The van der Waals surface area contributed by atoms with Crippen LogP contribution in [0.3, 0.4) is 0 Å². The minimum atomic E-state index is -3.59. The Morgan fingerprint density at radius 2 is 1.95 bits per heavy atom. The molecule has 0 spiro atoms. The van der Waals surface area contributed by atoms with E-state index in [2.05, 4.69) is 4.99 Å². The monoisotopic (exact) mass is 301 g/mol. The Bertz CT molecular complexity index is 665. The number of sulfone groups is 1. The summed E-state index contributed by atoms with van der Waals surface area (Å²) in [5.74, 6) is -2.39. The largest absolute Gasteiger partial charge is 0.370 e. The molecule has 0 heterocycles. The van der Waals surface area contributed by atoms with Gasteiger partial charge in [-0.2, -0.15) is 4.99 Å². The van der Waals surface area contributed by atoms with Crippen LogP contribution in [-0.2, 0) is 16.3 Å². The van der Waals surface area contributed by atoms with E-state index in [0.29, 0.717) is 18.4 Å². The number of halogens is 1. The number of hydrogen-bond acceptors (Lipinski definition) is 3. The van der Waals surface area contributed by atoms with Crippen molar-refractivity contribution < 1.29 is 17.6 Å². The highest BCUT2D eigenvalue weighted by Gasteiger charge is 2.20. The van der Waals surface area contributed by atoms with E-state index in [1.807, 2.05) is 6.92 Å². The Morgan fingerprint density at radius 3 is 2.40 bits per heavy atom. The van der Waals surface area contributed by atoms with Gasteiger partial charge in [0.1, 0.15) is 5.82 Å². The van der Waals surface area contributed by atoms with Crippen LogP contribution >= 0.6 is 0 Å². The summed E-state index contributed by atoms with van der Waals surface area (Å²) in [6.07, 6.45) is 2.02. The number of carbonyl (C=O) groups is 1. The molecule has 0 bridgehead atoms. The zero-order valence-electron chi connectivity index (χ0n) is 11.2. The van der Waals surface area contributed by atoms with Crippen molar-refractivity contribution in [1.29, 1.82) is 0 Å². The summed E-state index contributed by atoms with van der Waals surface area (Å²) in [7, 11) is -3.59. The van der Waals surface area contributed by atoms with Crippen molar-refractivity contribution in [3.8, 4) is 0 Å². The van der Waals surface area contributed by atoms with Crippen LogP contribution < -0.4 is 11.5 Å². The van der Waals surface area contributed by atoms with Gasteiger partial charge in [-0.15, -0.1) is 0 Å². The van der Waals surface area contributed by atoms with Crippen molar-refractivity contribution in [3.05, 3.63) is 29.1 Å². The van der Waals surface area contributed by atoms with Gasteiger partial charge >= 0.3 is 0 Å². The maximum absolute atomic E-state index is 13.9. The minimum absolute atomic E-state index is 0.0881. The average Bonchev–Trinajstić information content (AvgIpc) is 2.26. The predicted molar refractivity (Wildman–Crippen MR) is 73.6 cm³/mol. The number of guanidine groups is 1. The number of aliphatic imine (C=N–C) groups is 1. The van der Waals surface area contributed by atoms with Crippen molar-refractivity contribution in [3.63, 3.8) is 0 Å². The Balaban J connectivity index is 3.51. The molecule has 0 aliphatic rings. The van der Waals surface area contributed by atoms with E-state index in [1.54, 1.807) is 0 Å². The zero-order chi connectivity index (χ0) is 15.5. The molecule has 1 amide bonds. The molecule has 0 atom stereocenters. The second-order valence-electron chi connectivity index (χ2n) is 4.30. The number of rotatable bonds is 4. The number of aryl methyl sites for hydroxylation is 1. The molecule has 8 heteroatoms. The van der Waals surface area contributed by atoms with E-state index in [4.69, 9.17) is 11.5 Å². The van der Waals surface area contributed by atoms with Crippen LogP contribution in [0, 0.1) is 5.82 Å². The third kappa shape index (κ3) is 3.77. The Morgan fingerprint density at radius 1 is 1.35 bits per heavy atom. The van der Waals surface area contributed by atoms with Crippen LogP contribution in [0.1, 0.15) is 29.3 Å². The van der Waals surface area contributed by atoms with Crippen LogP contribution in [0.2, 0.25) is 0 Å². The fraction of sp³-hybridized carbons (Fsp3) is 0.333. The van der Waals surface area contributed by atoms with Gasteiger partial charge in [0.05, 0.1) is 10.5 Å².